The lowest BCUT2D eigenvalue weighted by molar-refractivity contribution is 0.0288. The Morgan fingerprint density at radius 2 is 1.42 bits per heavy atom. The number of benzene rings is 1. The molecule has 2 aliphatic carbocycles. The van der Waals surface area contributed by atoms with E-state index >= 15 is 0 Å². The van der Waals surface area contributed by atoms with Gasteiger partial charge in [0.15, 0.2) is 0 Å². The smallest absolute Gasteiger partial charge is 0.267 e. The summed E-state index contributed by atoms with van der Waals surface area (Å²) in [4.78, 5) is 24.8. The van der Waals surface area contributed by atoms with Crippen LogP contribution in [0.1, 0.15) is 40.0 Å². The molecule has 2 amide bonds. The van der Waals surface area contributed by atoms with Crippen LogP contribution in [0.4, 0.5) is 0 Å². The molecule has 4 heteroatoms. The van der Waals surface area contributed by atoms with Crippen molar-refractivity contribution in [2.45, 2.75) is 31.3 Å². The fraction of sp³-hybridized carbons (Fsp3) is 0.467. The van der Waals surface area contributed by atoms with Gasteiger partial charge in [0.2, 0.25) is 0 Å². The average Bonchev–Trinajstić information content (AvgIpc) is 2.77. The fourth-order valence-corrected chi connectivity index (χ4v) is 4.57. The Labute approximate surface area is 111 Å². The third kappa shape index (κ3) is 1.06. The van der Waals surface area contributed by atoms with E-state index in [2.05, 4.69) is 5.01 Å². The second-order valence-electron chi connectivity index (χ2n) is 6.16. The lowest BCUT2D eigenvalue weighted by Gasteiger charge is -2.20. The van der Waals surface area contributed by atoms with Gasteiger partial charge in [0.25, 0.3) is 11.8 Å². The predicted octanol–water partition coefficient (Wildman–Crippen LogP) is 1.68. The van der Waals surface area contributed by atoms with Crippen LogP contribution in [0.15, 0.2) is 24.3 Å². The van der Waals surface area contributed by atoms with Crippen LogP contribution < -0.4 is 0 Å². The van der Waals surface area contributed by atoms with Crippen molar-refractivity contribution >= 4 is 11.8 Å². The first-order chi connectivity index (χ1) is 9.27. The molecule has 2 aliphatic heterocycles. The van der Waals surface area contributed by atoms with Crippen molar-refractivity contribution in [3.63, 3.8) is 0 Å². The highest BCUT2D eigenvalue weighted by Gasteiger charge is 2.68. The van der Waals surface area contributed by atoms with Crippen molar-refractivity contribution in [2.24, 2.45) is 11.8 Å². The predicted molar refractivity (Wildman–Crippen MR) is 67.2 cm³/mol. The number of imide groups is 1. The summed E-state index contributed by atoms with van der Waals surface area (Å²) in [6.07, 6.45) is 3.84. The number of rotatable bonds is 1. The van der Waals surface area contributed by atoms with Crippen LogP contribution in [-0.2, 0) is 0 Å². The van der Waals surface area contributed by atoms with Crippen LogP contribution in [0.2, 0.25) is 0 Å². The van der Waals surface area contributed by atoms with Gasteiger partial charge in [0.1, 0.15) is 0 Å². The number of fused-ring (bicyclic) bond motifs is 6. The average molecular weight is 254 g/mol. The molecule has 1 unspecified atom stereocenters. The number of carbonyl (C=O) groups is 2. The Hall–Kier alpha value is -1.68. The molecular weight excluding hydrogens is 240 g/mol. The maximum atomic E-state index is 12.4. The molecule has 2 bridgehead atoms. The van der Waals surface area contributed by atoms with Crippen LogP contribution in [0, 0.1) is 11.8 Å². The summed E-state index contributed by atoms with van der Waals surface area (Å²) in [6, 6.07) is 8.06. The third-order valence-electron chi connectivity index (χ3n) is 5.35. The summed E-state index contributed by atoms with van der Waals surface area (Å²) < 4.78 is 0. The molecule has 3 fully saturated rings. The molecule has 96 valence electrons. The number of hydrogen-bond donors (Lipinski definition) is 0. The van der Waals surface area contributed by atoms with Crippen LogP contribution in [-0.4, -0.2) is 33.9 Å². The van der Waals surface area contributed by atoms with Crippen molar-refractivity contribution in [3.8, 4) is 0 Å². The van der Waals surface area contributed by atoms with Gasteiger partial charge in [0, 0.05) is 0 Å². The minimum Gasteiger partial charge on any atom is -0.267 e. The lowest BCUT2D eigenvalue weighted by Crippen LogP contribution is -2.39. The maximum absolute atomic E-state index is 12.4. The SMILES string of the molecule is O=C1c2ccccc2C(=O)N1N1[C@@H]2[C@@H]3CC[C@@H](C3)[C@@H]21. The molecule has 19 heavy (non-hydrogen) atoms. The Kier molecular flexibility index (Phi) is 1.64. The van der Waals surface area contributed by atoms with Crippen molar-refractivity contribution in [1.82, 2.24) is 10.0 Å². The van der Waals surface area contributed by atoms with Gasteiger partial charge >= 0.3 is 0 Å². The van der Waals surface area contributed by atoms with Gasteiger partial charge in [-0.05, 0) is 43.2 Å². The molecule has 0 aromatic heterocycles. The summed E-state index contributed by atoms with van der Waals surface area (Å²) in [7, 11) is 0. The van der Waals surface area contributed by atoms with Gasteiger partial charge in [-0.15, -0.1) is 0 Å². The zero-order valence-electron chi connectivity index (χ0n) is 10.5. The zero-order chi connectivity index (χ0) is 12.7. The minimum atomic E-state index is -0.130. The Balaban J connectivity index is 1.53. The van der Waals surface area contributed by atoms with E-state index in [0.717, 1.165) is 0 Å². The summed E-state index contributed by atoms with van der Waals surface area (Å²) in [5.41, 5.74) is 1.12. The highest BCUT2D eigenvalue weighted by atomic mass is 16.2. The molecule has 5 rings (SSSR count). The first kappa shape index (κ1) is 10.1. The molecule has 1 saturated heterocycles. The minimum absolute atomic E-state index is 0.130. The Morgan fingerprint density at radius 3 is 1.95 bits per heavy atom. The van der Waals surface area contributed by atoms with E-state index < -0.39 is 0 Å². The van der Waals surface area contributed by atoms with E-state index in [4.69, 9.17) is 0 Å². The molecule has 1 aromatic rings. The quantitative estimate of drug-likeness (QED) is 0.565. The van der Waals surface area contributed by atoms with Crippen LogP contribution in [0.3, 0.4) is 0 Å². The van der Waals surface area contributed by atoms with Crippen LogP contribution in [0.25, 0.3) is 0 Å². The van der Waals surface area contributed by atoms with Crippen molar-refractivity contribution < 1.29 is 9.59 Å². The monoisotopic (exact) mass is 254 g/mol. The molecule has 0 N–H and O–H groups in total. The number of hydrazine groups is 1. The molecule has 4 aliphatic rings. The number of hydrogen-bond acceptors (Lipinski definition) is 3. The molecule has 0 spiro atoms. The molecule has 5 atom stereocenters. The summed E-state index contributed by atoms with van der Waals surface area (Å²) >= 11 is 0. The van der Waals surface area contributed by atoms with Crippen LogP contribution in [0.5, 0.6) is 0 Å². The number of piperidine rings is 1. The molecular formula is C15H14N2O2. The van der Waals surface area contributed by atoms with Crippen molar-refractivity contribution in [1.29, 1.82) is 0 Å². The summed E-state index contributed by atoms with van der Waals surface area (Å²) in [5, 5.41) is 3.49. The number of amides is 2. The van der Waals surface area contributed by atoms with E-state index in [-0.39, 0.29) is 11.8 Å². The second-order valence-corrected chi connectivity index (χ2v) is 6.16. The molecule has 2 heterocycles. The fourth-order valence-electron chi connectivity index (χ4n) is 4.57. The van der Waals surface area contributed by atoms with Gasteiger partial charge in [0.05, 0.1) is 23.2 Å². The number of carbonyl (C=O) groups excluding carboxylic acids is 2. The summed E-state index contributed by atoms with van der Waals surface area (Å²) in [6.45, 7) is 0. The largest absolute Gasteiger partial charge is 0.276 e. The normalized spacial score (nSPS) is 41.7. The van der Waals surface area contributed by atoms with Crippen LogP contribution >= 0.6 is 0 Å². The van der Waals surface area contributed by atoms with E-state index in [1.165, 1.54) is 24.3 Å². The van der Waals surface area contributed by atoms with E-state index in [1.807, 2.05) is 12.1 Å². The van der Waals surface area contributed by atoms with Crippen molar-refractivity contribution in [2.75, 3.05) is 0 Å². The highest BCUT2D eigenvalue weighted by Crippen LogP contribution is 2.59. The van der Waals surface area contributed by atoms with E-state index in [1.54, 1.807) is 12.1 Å². The number of nitrogens with zero attached hydrogens (tertiary/aromatic N) is 2. The zero-order valence-corrected chi connectivity index (χ0v) is 10.5. The molecule has 4 nitrogen and oxygen atoms in total. The molecule has 1 aromatic carbocycles. The van der Waals surface area contributed by atoms with Crippen molar-refractivity contribution in [3.05, 3.63) is 35.4 Å². The second kappa shape index (κ2) is 3.07. The topological polar surface area (TPSA) is 40.4 Å². The molecule has 2 saturated carbocycles. The first-order valence-corrected chi connectivity index (χ1v) is 7.03. The third-order valence-corrected chi connectivity index (χ3v) is 5.35. The highest BCUT2D eigenvalue weighted by molar-refractivity contribution is 6.21. The van der Waals surface area contributed by atoms with Gasteiger partial charge in [-0.3, -0.25) is 9.59 Å². The standard InChI is InChI=1S/C15H14N2O2/c18-14-10-3-1-2-4-11(10)15(19)17(14)16-12-8-5-6-9(7-8)13(12)16/h1-4,8-9,12-13H,5-7H2/t8-,9+,12-,13+,16?. The summed E-state index contributed by atoms with van der Waals surface area (Å²) in [5.74, 6) is 1.16. The maximum Gasteiger partial charge on any atom is 0.276 e. The Bertz CT molecular complexity index is 575. The van der Waals surface area contributed by atoms with Gasteiger partial charge < -0.3 is 0 Å². The van der Waals surface area contributed by atoms with E-state index in [9.17, 15) is 9.59 Å². The molecule has 0 radical (unpaired) electrons. The van der Waals surface area contributed by atoms with Gasteiger partial charge in [-0.2, -0.15) is 0 Å². The lowest BCUT2D eigenvalue weighted by atomic mass is 10.0. The first-order valence-electron chi connectivity index (χ1n) is 7.03. The Morgan fingerprint density at radius 1 is 0.895 bits per heavy atom. The van der Waals surface area contributed by atoms with Gasteiger partial charge in [-0.1, -0.05) is 12.1 Å². The van der Waals surface area contributed by atoms with E-state index in [0.29, 0.717) is 35.0 Å². The van der Waals surface area contributed by atoms with Gasteiger partial charge in [-0.25, -0.2) is 10.0 Å².